The van der Waals surface area contributed by atoms with Gasteiger partial charge in [-0.1, -0.05) is 6.07 Å². The maximum absolute atomic E-state index is 12.0. The van der Waals surface area contributed by atoms with Crippen LogP contribution >= 0.6 is 0 Å². The van der Waals surface area contributed by atoms with Gasteiger partial charge in [0.25, 0.3) is 0 Å². The van der Waals surface area contributed by atoms with Gasteiger partial charge in [0.2, 0.25) is 0 Å². The van der Waals surface area contributed by atoms with Crippen molar-refractivity contribution in [1.29, 1.82) is 0 Å². The normalized spacial score (nSPS) is 17.1. The molecule has 26 heavy (non-hydrogen) atoms. The number of methoxy groups -OCH3 is 1. The molecule has 1 fully saturated rings. The monoisotopic (exact) mass is 364 g/mol. The summed E-state index contributed by atoms with van der Waals surface area (Å²) in [5.74, 6) is 0.643. The van der Waals surface area contributed by atoms with Crippen molar-refractivity contribution >= 4 is 18.1 Å². The second-order valence-corrected chi connectivity index (χ2v) is 7.23. The fourth-order valence-corrected chi connectivity index (χ4v) is 2.88. The maximum Gasteiger partial charge on any atom is 0.407 e. The third-order valence-electron chi connectivity index (χ3n) is 3.93. The van der Waals surface area contributed by atoms with Crippen molar-refractivity contribution < 1.29 is 23.8 Å². The number of benzene rings is 1. The first kappa shape index (κ1) is 20.0. The lowest BCUT2D eigenvalue weighted by Crippen LogP contribution is -2.40. The minimum atomic E-state index is -0.533. The lowest BCUT2D eigenvalue weighted by atomic mass is 10.1. The molecule has 144 valence electrons. The summed E-state index contributed by atoms with van der Waals surface area (Å²) in [6.45, 7) is 7.66. The molecule has 2 rings (SSSR count). The Hall–Kier alpha value is -2.28. The molecule has 0 aromatic heterocycles. The van der Waals surface area contributed by atoms with Gasteiger partial charge in [-0.15, -0.1) is 0 Å². The van der Waals surface area contributed by atoms with Gasteiger partial charge in [0.1, 0.15) is 18.0 Å². The van der Waals surface area contributed by atoms with Crippen molar-refractivity contribution in [2.75, 3.05) is 38.3 Å². The predicted octanol–water partition coefficient (Wildman–Crippen LogP) is 2.63. The second kappa shape index (κ2) is 8.89. The van der Waals surface area contributed by atoms with Gasteiger partial charge < -0.3 is 24.4 Å². The molecule has 1 amide bonds. The first-order chi connectivity index (χ1) is 12.3. The van der Waals surface area contributed by atoms with E-state index >= 15 is 0 Å². The molecule has 1 heterocycles. The number of carbonyl (C=O) groups is 2. The summed E-state index contributed by atoms with van der Waals surface area (Å²) >= 11 is 0. The van der Waals surface area contributed by atoms with Crippen LogP contribution in [0, 0.1) is 0 Å². The number of anilines is 1. The molecule has 1 saturated heterocycles. The van der Waals surface area contributed by atoms with Crippen LogP contribution in [0.4, 0.5) is 10.5 Å². The molecule has 0 spiro atoms. The Bertz CT molecular complexity index is 627. The molecular weight excluding hydrogens is 336 g/mol. The number of ether oxygens (including phenoxy) is 3. The molecule has 0 saturated carbocycles. The van der Waals surface area contributed by atoms with Crippen LogP contribution in [-0.4, -0.2) is 57.4 Å². The van der Waals surface area contributed by atoms with E-state index in [1.54, 1.807) is 19.2 Å². The Balaban J connectivity index is 2.07. The lowest BCUT2D eigenvalue weighted by molar-refractivity contribution is 0.0509. The standard InChI is InChI=1S/C19H28N2O5/c1-19(2,3)26-18(23)20-15-8-9-21(12-15)17-14(13-22)6-5-7-16(17)25-11-10-24-4/h5-7,13,15H,8-12H2,1-4H3,(H,20,23). The number of hydrogen-bond donors (Lipinski definition) is 1. The van der Waals surface area contributed by atoms with Gasteiger partial charge >= 0.3 is 6.09 Å². The fourth-order valence-electron chi connectivity index (χ4n) is 2.88. The van der Waals surface area contributed by atoms with Crippen molar-refractivity contribution in [2.45, 2.75) is 38.8 Å². The Morgan fingerprint density at radius 1 is 1.35 bits per heavy atom. The lowest BCUT2D eigenvalue weighted by Gasteiger charge is -2.24. The topological polar surface area (TPSA) is 77.1 Å². The van der Waals surface area contributed by atoms with Crippen molar-refractivity contribution in [1.82, 2.24) is 5.32 Å². The number of aldehydes is 1. The van der Waals surface area contributed by atoms with E-state index in [1.165, 1.54) is 0 Å². The van der Waals surface area contributed by atoms with Crippen molar-refractivity contribution in [3.05, 3.63) is 23.8 Å². The molecule has 7 nitrogen and oxygen atoms in total. The van der Waals surface area contributed by atoms with E-state index in [0.717, 1.165) is 18.4 Å². The Labute approximate surface area is 154 Å². The molecule has 1 atom stereocenters. The van der Waals surface area contributed by atoms with Crippen LogP contribution in [0.2, 0.25) is 0 Å². The quantitative estimate of drug-likeness (QED) is 0.592. The number of nitrogens with one attached hydrogen (secondary N) is 1. The molecule has 1 aliphatic heterocycles. The minimum absolute atomic E-state index is 0.0450. The van der Waals surface area contributed by atoms with Crippen LogP contribution in [0.15, 0.2) is 18.2 Å². The van der Waals surface area contributed by atoms with Gasteiger partial charge in [0.05, 0.1) is 18.3 Å². The van der Waals surface area contributed by atoms with Crippen molar-refractivity contribution in [2.24, 2.45) is 0 Å². The van der Waals surface area contributed by atoms with E-state index in [9.17, 15) is 9.59 Å². The molecule has 1 aromatic carbocycles. The van der Waals surface area contributed by atoms with Crippen molar-refractivity contribution in [3.63, 3.8) is 0 Å². The first-order valence-electron chi connectivity index (χ1n) is 8.78. The van der Waals surface area contributed by atoms with E-state index < -0.39 is 11.7 Å². The number of amides is 1. The summed E-state index contributed by atoms with van der Waals surface area (Å²) in [5.41, 5.74) is 0.791. The number of carbonyl (C=O) groups excluding carboxylic acids is 2. The van der Waals surface area contributed by atoms with Crippen LogP contribution in [-0.2, 0) is 9.47 Å². The van der Waals surface area contributed by atoms with E-state index in [1.807, 2.05) is 26.8 Å². The summed E-state index contributed by atoms with van der Waals surface area (Å²) in [5, 5.41) is 2.89. The SMILES string of the molecule is COCCOc1cccc(C=O)c1N1CCC(NC(=O)OC(C)(C)C)C1. The number of rotatable bonds is 7. The van der Waals surface area contributed by atoms with Gasteiger partial charge in [-0.05, 0) is 39.3 Å². The Morgan fingerprint density at radius 3 is 2.77 bits per heavy atom. The average molecular weight is 364 g/mol. The van der Waals surface area contributed by atoms with Crippen molar-refractivity contribution in [3.8, 4) is 5.75 Å². The molecule has 1 aliphatic rings. The molecule has 1 N–H and O–H groups in total. The summed E-state index contributed by atoms with van der Waals surface area (Å²) in [6, 6.07) is 5.35. The zero-order valence-electron chi connectivity index (χ0n) is 15.9. The minimum Gasteiger partial charge on any atom is -0.489 e. The summed E-state index contributed by atoms with van der Waals surface area (Å²) in [7, 11) is 1.61. The van der Waals surface area contributed by atoms with Crippen LogP contribution in [0.3, 0.4) is 0 Å². The number of alkyl carbamates (subject to hydrolysis) is 1. The van der Waals surface area contributed by atoms with E-state index in [-0.39, 0.29) is 6.04 Å². The summed E-state index contributed by atoms with van der Waals surface area (Å²) < 4.78 is 16.1. The average Bonchev–Trinajstić information content (AvgIpc) is 3.00. The maximum atomic E-state index is 12.0. The van der Waals surface area contributed by atoms with Gasteiger partial charge in [0.15, 0.2) is 6.29 Å². The molecule has 0 bridgehead atoms. The molecule has 0 radical (unpaired) electrons. The van der Waals surface area contributed by atoms with E-state index in [2.05, 4.69) is 10.2 Å². The summed E-state index contributed by atoms with van der Waals surface area (Å²) in [4.78, 5) is 25.5. The largest absolute Gasteiger partial charge is 0.489 e. The molecule has 0 aliphatic carbocycles. The zero-order valence-corrected chi connectivity index (χ0v) is 15.9. The number of para-hydroxylation sites is 1. The van der Waals surface area contributed by atoms with E-state index in [0.29, 0.717) is 37.6 Å². The fraction of sp³-hybridized carbons (Fsp3) is 0.579. The van der Waals surface area contributed by atoms with Crippen LogP contribution in [0.25, 0.3) is 0 Å². The summed E-state index contributed by atoms with van der Waals surface area (Å²) in [6.07, 6.45) is 1.17. The molecule has 7 heteroatoms. The number of hydrogen-bond acceptors (Lipinski definition) is 6. The highest BCUT2D eigenvalue weighted by atomic mass is 16.6. The smallest absolute Gasteiger partial charge is 0.407 e. The highest BCUT2D eigenvalue weighted by Crippen LogP contribution is 2.34. The molecule has 1 unspecified atom stereocenters. The second-order valence-electron chi connectivity index (χ2n) is 7.23. The van der Waals surface area contributed by atoms with Gasteiger partial charge in [-0.3, -0.25) is 4.79 Å². The predicted molar refractivity (Wildman–Crippen MR) is 99.2 cm³/mol. The third kappa shape index (κ3) is 5.62. The van der Waals surface area contributed by atoms with Gasteiger partial charge in [-0.2, -0.15) is 0 Å². The zero-order chi connectivity index (χ0) is 19.2. The molecule has 1 aromatic rings. The first-order valence-corrected chi connectivity index (χ1v) is 8.78. The molecular formula is C19H28N2O5. The van der Waals surface area contributed by atoms with Gasteiger partial charge in [-0.25, -0.2) is 4.79 Å². The van der Waals surface area contributed by atoms with Crippen LogP contribution < -0.4 is 15.0 Å². The van der Waals surface area contributed by atoms with E-state index in [4.69, 9.17) is 14.2 Å². The Kier molecular flexibility index (Phi) is 6.85. The third-order valence-corrected chi connectivity index (χ3v) is 3.93. The Morgan fingerprint density at radius 2 is 2.12 bits per heavy atom. The highest BCUT2D eigenvalue weighted by molar-refractivity contribution is 5.87. The number of nitrogens with zero attached hydrogens (tertiary/aromatic N) is 1. The van der Waals surface area contributed by atoms with Crippen LogP contribution in [0.1, 0.15) is 37.6 Å². The van der Waals surface area contributed by atoms with Crippen LogP contribution in [0.5, 0.6) is 5.75 Å². The van der Waals surface area contributed by atoms with Gasteiger partial charge in [0, 0.05) is 25.8 Å². The highest BCUT2D eigenvalue weighted by Gasteiger charge is 2.29.